The first-order valence-electron chi connectivity index (χ1n) is 6.02. The third-order valence-electron chi connectivity index (χ3n) is 2.75. The van der Waals surface area contributed by atoms with Crippen LogP contribution in [0.3, 0.4) is 0 Å². The highest BCUT2D eigenvalue weighted by Gasteiger charge is 2.06. The maximum atomic E-state index is 11.2. The van der Waals surface area contributed by atoms with Gasteiger partial charge in [0.1, 0.15) is 5.75 Å². The van der Waals surface area contributed by atoms with E-state index in [4.69, 9.17) is 10.6 Å². The number of nitrogens with zero attached hydrogens (tertiary/aromatic N) is 1. The molecule has 0 bridgehead atoms. The number of carbonyl (C=O) groups excluding carboxylic acids is 1. The third-order valence-corrected chi connectivity index (χ3v) is 2.75. The van der Waals surface area contributed by atoms with Gasteiger partial charge in [0.15, 0.2) is 0 Å². The molecule has 1 aromatic rings. The molecule has 3 N–H and O–H groups in total. The maximum Gasteiger partial charge on any atom is 0.331 e. The van der Waals surface area contributed by atoms with Gasteiger partial charge in [0, 0.05) is 13.6 Å². The van der Waals surface area contributed by atoms with Crippen LogP contribution in [-0.4, -0.2) is 31.1 Å². The number of ether oxygens (including phenoxy) is 1. The van der Waals surface area contributed by atoms with Gasteiger partial charge in [-0.15, -0.1) is 0 Å². The lowest BCUT2D eigenvalue weighted by molar-refractivity contribution is 0.209. The number of aryl methyl sites for hydroxylation is 1. The number of carbonyl (C=O) groups is 1. The summed E-state index contributed by atoms with van der Waals surface area (Å²) in [4.78, 5) is 12.8. The molecule has 100 valence electrons. The van der Waals surface area contributed by atoms with E-state index in [0.29, 0.717) is 13.2 Å². The van der Waals surface area contributed by atoms with Crippen molar-refractivity contribution in [3.63, 3.8) is 0 Å². The van der Waals surface area contributed by atoms with Gasteiger partial charge in [-0.25, -0.2) is 10.6 Å². The highest BCUT2D eigenvalue weighted by Crippen LogP contribution is 2.19. The summed E-state index contributed by atoms with van der Waals surface area (Å²) in [6.45, 7) is 5.27. The topological polar surface area (TPSA) is 67.6 Å². The molecular weight excluding hydrogens is 230 g/mol. The number of nitrogens with one attached hydrogen (secondary N) is 1. The zero-order chi connectivity index (χ0) is 13.5. The molecular formula is C13H21N3O2. The first-order valence-corrected chi connectivity index (χ1v) is 6.02. The largest absolute Gasteiger partial charge is 0.494 e. The molecule has 0 atom stereocenters. The highest BCUT2D eigenvalue weighted by molar-refractivity contribution is 5.73. The van der Waals surface area contributed by atoms with Gasteiger partial charge in [-0.2, -0.15) is 0 Å². The molecule has 2 amide bonds. The van der Waals surface area contributed by atoms with Gasteiger partial charge in [-0.3, -0.25) is 5.43 Å². The van der Waals surface area contributed by atoms with Crippen molar-refractivity contribution >= 4 is 6.03 Å². The van der Waals surface area contributed by atoms with Gasteiger partial charge in [-0.05, 0) is 37.5 Å². The van der Waals surface area contributed by atoms with Crippen molar-refractivity contribution in [2.24, 2.45) is 5.84 Å². The average Bonchev–Trinajstić information content (AvgIpc) is 2.38. The molecule has 0 unspecified atom stereocenters. The van der Waals surface area contributed by atoms with Crippen LogP contribution in [-0.2, 0) is 6.42 Å². The summed E-state index contributed by atoms with van der Waals surface area (Å²) in [5, 5.41) is 0. The molecule has 18 heavy (non-hydrogen) atoms. The number of benzene rings is 1. The van der Waals surface area contributed by atoms with Crippen molar-refractivity contribution in [3.05, 3.63) is 29.3 Å². The summed E-state index contributed by atoms with van der Waals surface area (Å²) in [6, 6.07) is 5.79. The van der Waals surface area contributed by atoms with Crippen LogP contribution >= 0.6 is 0 Å². The van der Waals surface area contributed by atoms with Gasteiger partial charge in [0.05, 0.1) is 6.61 Å². The summed E-state index contributed by atoms with van der Waals surface area (Å²) in [6.07, 6.45) is 0.789. The Kier molecular flexibility index (Phi) is 5.45. The lowest BCUT2D eigenvalue weighted by atomic mass is 10.1. The Balaban J connectivity index is 2.58. The van der Waals surface area contributed by atoms with Gasteiger partial charge < -0.3 is 9.64 Å². The van der Waals surface area contributed by atoms with Crippen molar-refractivity contribution in [1.29, 1.82) is 0 Å². The van der Waals surface area contributed by atoms with Gasteiger partial charge in [0.25, 0.3) is 0 Å². The van der Waals surface area contributed by atoms with Crippen molar-refractivity contribution in [2.45, 2.75) is 20.3 Å². The Labute approximate surface area is 108 Å². The molecule has 0 aromatic heterocycles. The third kappa shape index (κ3) is 3.92. The number of hydrazine groups is 1. The minimum atomic E-state index is -0.280. The van der Waals surface area contributed by atoms with Crippen LogP contribution in [0.15, 0.2) is 18.2 Å². The van der Waals surface area contributed by atoms with Crippen LogP contribution in [0.1, 0.15) is 18.1 Å². The van der Waals surface area contributed by atoms with E-state index in [0.717, 1.165) is 17.7 Å². The van der Waals surface area contributed by atoms with Crippen LogP contribution in [0.5, 0.6) is 5.75 Å². The lowest BCUT2D eigenvalue weighted by Crippen LogP contribution is -2.41. The SMILES string of the molecule is CCOc1ccc(CCN(C)C(=O)NN)cc1C. The van der Waals surface area contributed by atoms with Crippen LogP contribution in [0.2, 0.25) is 0 Å². The monoisotopic (exact) mass is 251 g/mol. The molecule has 0 heterocycles. The number of nitrogens with two attached hydrogens (primary N) is 1. The van der Waals surface area contributed by atoms with Crippen molar-refractivity contribution in [3.8, 4) is 5.75 Å². The van der Waals surface area contributed by atoms with Crippen LogP contribution < -0.4 is 16.0 Å². The summed E-state index contributed by atoms with van der Waals surface area (Å²) >= 11 is 0. The second-order valence-electron chi connectivity index (χ2n) is 4.15. The minimum absolute atomic E-state index is 0.280. The number of amides is 2. The number of rotatable bonds is 5. The standard InChI is InChI=1S/C13H21N3O2/c1-4-18-12-6-5-11(9-10(12)2)7-8-16(3)13(17)15-14/h5-6,9H,4,7-8,14H2,1-3H3,(H,15,17). The van der Waals surface area contributed by atoms with Crippen LogP contribution in [0, 0.1) is 6.92 Å². The predicted octanol–water partition coefficient (Wildman–Crippen LogP) is 1.45. The molecule has 0 fully saturated rings. The second-order valence-corrected chi connectivity index (χ2v) is 4.15. The van der Waals surface area contributed by atoms with E-state index in [9.17, 15) is 4.79 Å². The molecule has 0 aliphatic rings. The van der Waals surface area contributed by atoms with Crippen LogP contribution in [0.25, 0.3) is 0 Å². The van der Waals surface area contributed by atoms with Crippen molar-refractivity contribution in [1.82, 2.24) is 10.3 Å². The zero-order valence-corrected chi connectivity index (χ0v) is 11.2. The molecule has 0 spiro atoms. The van der Waals surface area contributed by atoms with E-state index in [2.05, 4.69) is 11.5 Å². The van der Waals surface area contributed by atoms with Gasteiger partial charge >= 0.3 is 6.03 Å². The Morgan fingerprint density at radius 2 is 2.22 bits per heavy atom. The fraction of sp³-hybridized carbons (Fsp3) is 0.462. The average molecular weight is 251 g/mol. The molecule has 0 saturated heterocycles. The fourth-order valence-electron chi connectivity index (χ4n) is 1.69. The normalized spacial score (nSPS) is 10.0. The fourth-order valence-corrected chi connectivity index (χ4v) is 1.69. The number of hydrogen-bond donors (Lipinski definition) is 2. The first kappa shape index (κ1) is 14.3. The summed E-state index contributed by atoms with van der Waals surface area (Å²) in [5.74, 6) is 5.97. The predicted molar refractivity (Wildman–Crippen MR) is 71.4 cm³/mol. The van der Waals surface area contributed by atoms with E-state index in [-0.39, 0.29) is 6.03 Å². The molecule has 0 aliphatic heterocycles. The van der Waals surface area contributed by atoms with Crippen LogP contribution in [0.4, 0.5) is 4.79 Å². The quantitative estimate of drug-likeness (QED) is 0.473. The first-order chi connectivity index (χ1) is 8.58. The summed E-state index contributed by atoms with van der Waals surface area (Å²) in [5.41, 5.74) is 4.39. The number of likely N-dealkylation sites (N-methyl/N-ethyl adjacent to an activating group) is 1. The summed E-state index contributed by atoms with van der Waals surface area (Å²) < 4.78 is 5.48. The molecule has 1 aromatic carbocycles. The minimum Gasteiger partial charge on any atom is -0.494 e. The molecule has 5 nitrogen and oxygen atoms in total. The Bertz CT molecular complexity index is 407. The Morgan fingerprint density at radius 1 is 1.50 bits per heavy atom. The highest BCUT2D eigenvalue weighted by atomic mass is 16.5. The van der Waals surface area contributed by atoms with E-state index in [1.54, 1.807) is 11.9 Å². The maximum absolute atomic E-state index is 11.2. The van der Waals surface area contributed by atoms with Crippen molar-refractivity contribution in [2.75, 3.05) is 20.2 Å². The van der Waals surface area contributed by atoms with E-state index < -0.39 is 0 Å². The molecule has 1 rings (SSSR count). The number of hydrogen-bond acceptors (Lipinski definition) is 3. The van der Waals surface area contributed by atoms with E-state index in [1.807, 2.05) is 26.0 Å². The smallest absolute Gasteiger partial charge is 0.331 e. The van der Waals surface area contributed by atoms with E-state index >= 15 is 0 Å². The van der Waals surface area contributed by atoms with Crippen molar-refractivity contribution < 1.29 is 9.53 Å². The second kappa shape index (κ2) is 6.86. The molecule has 0 aliphatic carbocycles. The molecule has 0 saturated carbocycles. The lowest BCUT2D eigenvalue weighted by Gasteiger charge is -2.16. The zero-order valence-electron chi connectivity index (χ0n) is 11.2. The Hall–Kier alpha value is -1.75. The number of urea groups is 1. The molecule has 0 radical (unpaired) electrons. The van der Waals surface area contributed by atoms with Gasteiger partial charge in [0.2, 0.25) is 0 Å². The summed E-state index contributed by atoms with van der Waals surface area (Å²) in [7, 11) is 1.71. The Morgan fingerprint density at radius 3 is 2.78 bits per heavy atom. The van der Waals surface area contributed by atoms with E-state index in [1.165, 1.54) is 5.56 Å². The molecule has 5 heteroatoms. The van der Waals surface area contributed by atoms with Gasteiger partial charge in [-0.1, -0.05) is 12.1 Å².